The minimum Gasteiger partial charge on any atom is -0.480 e. The highest BCUT2D eigenvalue weighted by molar-refractivity contribution is 7.89. The second kappa shape index (κ2) is 5.11. The molecular weight excluding hydrogens is 206 g/mol. The number of rotatable bonds is 6. The van der Waals surface area contributed by atoms with Gasteiger partial charge in [-0.15, -0.1) is 6.58 Å². The first-order valence-corrected chi connectivity index (χ1v) is 5.77. The van der Waals surface area contributed by atoms with Gasteiger partial charge >= 0.3 is 5.97 Å². The lowest BCUT2D eigenvalue weighted by Crippen LogP contribution is -2.42. The van der Waals surface area contributed by atoms with Crippen LogP contribution in [-0.4, -0.2) is 42.6 Å². The second-order valence-corrected chi connectivity index (χ2v) is 4.92. The van der Waals surface area contributed by atoms with Crippen LogP contribution in [0.15, 0.2) is 12.7 Å². The van der Waals surface area contributed by atoms with E-state index in [1.165, 1.54) is 13.1 Å². The molecule has 5 nitrogen and oxygen atoms in total. The quantitative estimate of drug-likeness (QED) is 0.654. The van der Waals surface area contributed by atoms with E-state index in [4.69, 9.17) is 5.11 Å². The molecule has 0 rings (SSSR count). The van der Waals surface area contributed by atoms with E-state index in [0.29, 0.717) is 0 Å². The van der Waals surface area contributed by atoms with Crippen LogP contribution < -0.4 is 0 Å². The summed E-state index contributed by atoms with van der Waals surface area (Å²) < 4.78 is 23.7. The molecule has 0 fully saturated rings. The van der Waals surface area contributed by atoms with Crippen LogP contribution >= 0.6 is 0 Å². The summed E-state index contributed by atoms with van der Waals surface area (Å²) in [5.74, 6) is -1.38. The van der Waals surface area contributed by atoms with Crippen molar-refractivity contribution in [1.82, 2.24) is 4.31 Å². The van der Waals surface area contributed by atoms with E-state index >= 15 is 0 Å². The zero-order valence-electron chi connectivity index (χ0n) is 8.30. The summed E-state index contributed by atoms with van der Waals surface area (Å²) in [5, 5.41) is 8.74. The summed E-state index contributed by atoms with van der Waals surface area (Å²) in [6.07, 6.45) is 1.47. The standard InChI is InChI=1S/C8H15NO4S/c1-4-6-14(12,13)9(3)7(5-2)8(10)11/h4,7H,1,5-6H2,2-3H3,(H,10,11). The maximum atomic E-state index is 11.4. The Kier molecular flexibility index (Phi) is 4.79. The van der Waals surface area contributed by atoms with E-state index < -0.39 is 22.0 Å². The van der Waals surface area contributed by atoms with E-state index in [0.717, 1.165) is 4.31 Å². The highest BCUT2D eigenvalue weighted by Crippen LogP contribution is 2.08. The van der Waals surface area contributed by atoms with Gasteiger partial charge in [0.2, 0.25) is 10.0 Å². The molecule has 0 aromatic carbocycles. The second-order valence-electron chi connectivity index (χ2n) is 2.85. The molecule has 1 N–H and O–H groups in total. The van der Waals surface area contributed by atoms with Gasteiger partial charge in [0.25, 0.3) is 0 Å². The number of hydrogen-bond acceptors (Lipinski definition) is 3. The summed E-state index contributed by atoms with van der Waals surface area (Å²) in [4.78, 5) is 10.7. The fourth-order valence-corrected chi connectivity index (χ4v) is 2.21. The van der Waals surface area contributed by atoms with Crippen molar-refractivity contribution < 1.29 is 18.3 Å². The molecule has 0 aromatic heterocycles. The molecular formula is C8H15NO4S. The third kappa shape index (κ3) is 3.12. The number of likely N-dealkylation sites (N-methyl/N-ethyl adjacent to an activating group) is 1. The Bertz CT molecular complexity index is 309. The zero-order valence-corrected chi connectivity index (χ0v) is 9.12. The van der Waals surface area contributed by atoms with Gasteiger partial charge in [-0.2, -0.15) is 4.31 Å². The topological polar surface area (TPSA) is 74.7 Å². The molecule has 6 heteroatoms. The Hall–Kier alpha value is -0.880. The lowest BCUT2D eigenvalue weighted by molar-refractivity contribution is -0.141. The highest BCUT2D eigenvalue weighted by atomic mass is 32.2. The summed E-state index contributed by atoms with van der Waals surface area (Å²) >= 11 is 0. The van der Waals surface area contributed by atoms with Crippen LogP contribution in [0.1, 0.15) is 13.3 Å². The van der Waals surface area contributed by atoms with Gasteiger partial charge in [0.1, 0.15) is 6.04 Å². The van der Waals surface area contributed by atoms with E-state index in [1.807, 2.05) is 0 Å². The number of carbonyl (C=O) groups is 1. The third-order valence-electron chi connectivity index (χ3n) is 1.88. The maximum Gasteiger partial charge on any atom is 0.321 e. The highest BCUT2D eigenvalue weighted by Gasteiger charge is 2.28. The molecule has 0 amide bonds. The van der Waals surface area contributed by atoms with Crippen LogP contribution in [0.5, 0.6) is 0 Å². The molecule has 0 aliphatic heterocycles. The van der Waals surface area contributed by atoms with E-state index in [9.17, 15) is 13.2 Å². The van der Waals surface area contributed by atoms with Crippen LogP contribution in [0.4, 0.5) is 0 Å². The van der Waals surface area contributed by atoms with Crippen LogP contribution in [0.25, 0.3) is 0 Å². The van der Waals surface area contributed by atoms with Crippen molar-refractivity contribution in [3.05, 3.63) is 12.7 Å². The molecule has 0 radical (unpaired) electrons. The van der Waals surface area contributed by atoms with Crippen molar-refractivity contribution in [2.75, 3.05) is 12.8 Å². The average molecular weight is 221 g/mol. The summed E-state index contributed by atoms with van der Waals surface area (Å²) in [6.45, 7) is 4.93. The normalized spacial score (nSPS) is 13.9. The smallest absolute Gasteiger partial charge is 0.321 e. The van der Waals surface area contributed by atoms with Crippen LogP contribution in [0.3, 0.4) is 0 Å². The fraction of sp³-hybridized carbons (Fsp3) is 0.625. The Labute approximate surface area is 84.1 Å². The minimum atomic E-state index is -3.53. The van der Waals surface area contributed by atoms with Crippen molar-refractivity contribution in [3.63, 3.8) is 0 Å². The van der Waals surface area contributed by atoms with Crippen molar-refractivity contribution in [3.8, 4) is 0 Å². The van der Waals surface area contributed by atoms with Crippen molar-refractivity contribution in [2.24, 2.45) is 0 Å². The Morgan fingerprint density at radius 3 is 2.43 bits per heavy atom. The van der Waals surface area contributed by atoms with Gasteiger partial charge in [0, 0.05) is 7.05 Å². The number of hydrogen-bond donors (Lipinski definition) is 1. The minimum absolute atomic E-state index is 0.238. The molecule has 0 aliphatic carbocycles. The van der Waals surface area contributed by atoms with Crippen molar-refractivity contribution in [1.29, 1.82) is 0 Å². The lowest BCUT2D eigenvalue weighted by Gasteiger charge is -2.22. The molecule has 0 heterocycles. The Morgan fingerprint density at radius 1 is 1.64 bits per heavy atom. The van der Waals surface area contributed by atoms with Gasteiger partial charge in [-0.3, -0.25) is 4.79 Å². The molecule has 82 valence electrons. The summed E-state index contributed by atoms with van der Waals surface area (Å²) in [6, 6.07) is -1.00. The van der Waals surface area contributed by atoms with E-state index in [-0.39, 0.29) is 12.2 Å². The zero-order chi connectivity index (χ0) is 11.4. The van der Waals surface area contributed by atoms with Crippen LogP contribution in [-0.2, 0) is 14.8 Å². The van der Waals surface area contributed by atoms with Gasteiger partial charge in [0.15, 0.2) is 0 Å². The first-order chi connectivity index (χ1) is 6.36. The number of aliphatic carboxylic acids is 1. The maximum absolute atomic E-state index is 11.4. The molecule has 0 saturated carbocycles. The largest absolute Gasteiger partial charge is 0.480 e. The van der Waals surface area contributed by atoms with E-state index in [1.54, 1.807) is 6.92 Å². The third-order valence-corrected chi connectivity index (χ3v) is 3.67. The van der Waals surface area contributed by atoms with Crippen LogP contribution in [0.2, 0.25) is 0 Å². The van der Waals surface area contributed by atoms with Crippen LogP contribution in [0, 0.1) is 0 Å². The Balaban J connectivity index is 4.82. The molecule has 0 bridgehead atoms. The predicted octanol–water partition coefficient (Wildman–Crippen LogP) is 0.297. The number of carboxylic acids is 1. The molecule has 0 saturated heterocycles. The van der Waals surface area contributed by atoms with Crippen molar-refractivity contribution >= 4 is 16.0 Å². The Morgan fingerprint density at radius 2 is 2.14 bits per heavy atom. The molecule has 14 heavy (non-hydrogen) atoms. The van der Waals surface area contributed by atoms with Gasteiger partial charge in [-0.25, -0.2) is 8.42 Å². The summed E-state index contributed by atoms with van der Waals surface area (Å²) in [5.41, 5.74) is 0. The first kappa shape index (κ1) is 13.1. The predicted molar refractivity (Wildman–Crippen MR) is 53.5 cm³/mol. The summed E-state index contributed by atoms with van der Waals surface area (Å²) in [7, 11) is -2.27. The van der Waals surface area contributed by atoms with Gasteiger partial charge in [-0.05, 0) is 6.42 Å². The van der Waals surface area contributed by atoms with Crippen molar-refractivity contribution in [2.45, 2.75) is 19.4 Å². The van der Waals surface area contributed by atoms with Gasteiger partial charge in [0.05, 0.1) is 5.75 Å². The molecule has 1 atom stereocenters. The van der Waals surface area contributed by atoms with Gasteiger partial charge in [-0.1, -0.05) is 13.0 Å². The molecule has 1 unspecified atom stereocenters. The first-order valence-electron chi connectivity index (χ1n) is 4.16. The monoisotopic (exact) mass is 221 g/mol. The average Bonchev–Trinajstić information content (AvgIpc) is 2.04. The lowest BCUT2D eigenvalue weighted by atomic mass is 10.2. The molecule has 0 aliphatic rings. The number of sulfonamides is 1. The molecule has 0 spiro atoms. The SMILES string of the molecule is C=CCS(=O)(=O)N(C)C(CC)C(=O)O. The fourth-order valence-electron chi connectivity index (χ4n) is 1.05. The van der Waals surface area contributed by atoms with E-state index in [2.05, 4.69) is 6.58 Å². The number of carboxylic acid groups (broad SMARTS) is 1. The van der Waals surface area contributed by atoms with Gasteiger partial charge < -0.3 is 5.11 Å². The number of nitrogens with zero attached hydrogens (tertiary/aromatic N) is 1. The molecule has 0 aromatic rings.